The standard InChI is InChI=1S/C30H45N3O6/c1-29(2,3)33(28(37)38)24(18-22-15-11-8-12-16-22)26(35)20-31-23(17-21-13-9-7-10-14-21)25(34)19-32-27(36)39-30(4,5)6/h7-16,23-26,31,34-35H,17-20H2,1-6H3,(H,32,36)(H,37,38)/t23-,24+,25-,26-/m1/s1. The number of carbonyl (C=O) groups excluding carboxylic acids is 1. The van der Waals surface area contributed by atoms with Crippen molar-refractivity contribution in [3.8, 4) is 0 Å². The number of nitrogens with one attached hydrogen (secondary N) is 2. The predicted octanol–water partition coefficient (Wildman–Crippen LogP) is 3.82. The SMILES string of the molecule is CC(C)(C)OC(=O)NC[C@@H](O)[C@@H](Cc1ccccc1)NC[C@@H](O)[C@H](Cc1ccccc1)N(C(=O)O)C(C)(C)C. The lowest BCUT2D eigenvalue weighted by molar-refractivity contribution is 0.00425. The molecule has 2 amide bonds. The molecule has 0 spiro atoms. The van der Waals surface area contributed by atoms with Gasteiger partial charge in [0.25, 0.3) is 0 Å². The van der Waals surface area contributed by atoms with Crippen molar-refractivity contribution >= 4 is 12.2 Å². The van der Waals surface area contributed by atoms with Gasteiger partial charge in [-0.2, -0.15) is 0 Å². The second-order valence-corrected chi connectivity index (χ2v) is 11.8. The summed E-state index contributed by atoms with van der Waals surface area (Å²) in [5.41, 5.74) is 0.438. The Bertz CT molecular complexity index is 1020. The molecule has 0 aliphatic carbocycles. The van der Waals surface area contributed by atoms with E-state index in [1.165, 1.54) is 4.90 Å². The summed E-state index contributed by atoms with van der Waals surface area (Å²) in [5.74, 6) is 0. The van der Waals surface area contributed by atoms with Crippen LogP contribution in [0.25, 0.3) is 0 Å². The van der Waals surface area contributed by atoms with Crippen LogP contribution >= 0.6 is 0 Å². The van der Waals surface area contributed by atoms with Crippen LogP contribution in [0.2, 0.25) is 0 Å². The maximum atomic E-state index is 12.3. The minimum Gasteiger partial charge on any atom is -0.465 e. The van der Waals surface area contributed by atoms with E-state index in [4.69, 9.17) is 4.74 Å². The van der Waals surface area contributed by atoms with E-state index in [1.54, 1.807) is 41.5 Å². The number of hydrogen-bond acceptors (Lipinski definition) is 6. The first kappa shape index (κ1) is 32.1. The zero-order valence-corrected chi connectivity index (χ0v) is 23.9. The Morgan fingerprint density at radius 3 is 1.79 bits per heavy atom. The first-order valence-corrected chi connectivity index (χ1v) is 13.3. The van der Waals surface area contributed by atoms with Crippen LogP contribution in [0.5, 0.6) is 0 Å². The normalized spacial score (nSPS) is 15.1. The van der Waals surface area contributed by atoms with Gasteiger partial charge in [0.1, 0.15) is 5.60 Å². The van der Waals surface area contributed by atoms with Crippen LogP contribution in [-0.4, -0.2) is 80.9 Å². The van der Waals surface area contributed by atoms with Crippen LogP contribution in [0.4, 0.5) is 9.59 Å². The topological polar surface area (TPSA) is 131 Å². The van der Waals surface area contributed by atoms with Crippen molar-refractivity contribution in [1.82, 2.24) is 15.5 Å². The van der Waals surface area contributed by atoms with Gasteiger partial charge in [-0.15, -0.1) is 0 Å². The van der Waals surface area contributed by atoms with Crippen LogP contribution < -0.4 is 10.6 Å². The highest BCUT2D eigenvalue weighted by Crippen LogP contribution is 2.23. The van der Waals surface area contributed by atoms with Crippen molar-refractivity contribution in [1.29, 1.82) is 0 Å². The summed E-state index contributed by atoms with van der Waals surface area (Å²) in [5, 5.41) is 38.3. The maximum Gasteiger partial charge on any atom is 0.408 e. The van der Waals surface area contributed by atoms with Gasteiger partial charge in [-0.3, -0.25) is 4.90 Å². The molecule has 0 aromatic heterocycles. The van der Waals surface area contributed by atoms with Crippen LogP contribution in [0.1, 0.15) is 52.7 Å². The van der Waals surface area contributed by atoms with Crippen molar-refractivity contribution < 1.29 is 29.6 Å². The van der Waals surface area contributed by atoms with Crippen molar-refractivity contribution in [2.45, 2.75) is 89.8 Å². The predicted molar refractivity (Wildman–Crippen MR) is 152 cm³/mol. The molecule has 9 heteroatoms. The molecule has 9 nitrogen and oxygen atoms in total. The molecule has 0 radical (unpaired) electrons. The average Bonchev–Trinajstić information content (AvgIpc) is 2.83. The highest BCUT2D eigenvalue weighted by atomic mass is 16.6. The molecule has 2 rings (SSSR count). The van der Waals surface area contributed by atoms with Gasteiger partial charge >= 0.3 is 12.2 Å². The molecule has 39 heavy (non-hydrogen) atoms. The first-order valence-electron chi connectivity index (χ1n) is 13.3. The molecule has 5 N–H and O–H groups in total. The third-order valence-corrected chi connectivity index (χ3v) is 6.20. The van der Waals surface area contributed by atoms with Gasteiger partial charge in [0.05, 0.1) is 18.2 Å². The lowest BCUT2D eigenvalue weighted by Gasteiger charge is -2.42. The van der Waals surface area contributed by atoms with Crippen molar-refractivity contribution in [2.24, 2.45) is 0 Å². The summed E-state index contributed by atoms with van der Waals surface area (Å²) in [7, 11) is 0. The molecule has 0 saturated heterocycles. The highest BCUT2D eigenvalue weighted by molar-refractivity contribution is 5.67. The Balaban J connectivity index is 2.21. The number of alkyl carbamates (subject to hydrolysis) is 1. The summed E-state index contributed by atoms with van der Waals surface area (Å²) in [4.78, 5) is 25.8. The summed E-state index contributed by atoms with van der Waals surface area (Å²) in [6.07, 6.45) is -3.09. The van der Waals surface area contributed by atoms with E-state index in [1.807, 2.05) is 60.7 Å². The second-order valence-electron chi connectivity index (χ2n) is 11.8. The number of benzene rings is 2. The van der Waals surface area contributed by atoms with Crippen molar-refractivity contribution in [3.05, 3.63) is 71.8 Å². The van der Waals surface area contributed by atoms with E-state index >= 15 is 0 Å². The Hall–Kier alpha value is -3.14. The number of amides is 2. The lowest BCUT2D eigenvalue weighted by atomic mass is 9.94. The van der Waals surface area contributed by atoms with Gasteiger partial charge in [0.15, 0.2) is 0 Å². The van der Waals surface area contributed by atoms with Gasteiger partial charge < -0.3 is 30.7 Å². The molecular weight excluding hydrogens is 498 g/mol. The van der Waals surface area contributed by atoms with Crippen LogP contribution in [0.3, 0.4) is 0 Å². The number of rotatable bonds is 12. The van der Waals surface area contributed by atoms with E-state index in [-0.39, 0.29) is 13.1 Å². The van der Waals surface area contributed by atoms with E-state index in [0.717, 1.165) is 11.1 Å². The molecule has 0 bridgehead atoms. The fourth-order valence-corrected chi connectivity index (χ4v) is 4.45. The zero-order chi connectivity index (χ0) is 29.2. The largest absolute Gasteiger partial charge is 0.465 e. The number of carbonyl (C=O) groups is 2. The monoisotopic (exact) mass is 543 g/mol. The molecular formula is C30H45N3O6. The molecule has 0 unspecified atom stereocenters. The van der Waals surface area contributed by atoms with E-state index in [2.05, 4.69) is 10.6 Å². The lowest BCUT2D eigenvalue weighted by Crippen LogP contribution is -2.59. The van der Waals surface area contributed by atoms with E-state index in [9.17, 15) is 24.9 Å². The van der Waals surface area contributed by atoms with Gasteiger partial charge in [-0.05, 0) is 65.5 Å². The molecule has 2 aromatic rings. The number of aliphatic hydroxyl groups excluding tert-OH is 2. The second kappa shape index (κ2) is 14.3. The van der Waals surface area contributed by atoms with Crippen LogP contribution in [0.15, 0.2) is 60.7 Å². The molecule has 216 valence electrons. The Morgan fingerprint density at radius 2 is 1.33 bits per heavy atom. The third-order valence-electron chi connectivity index (χ3n) is 6.20. The van der Waals surface area contributed by atoms with Crippen molar-refractivity contribution in [2.75, 3.05) is 13.1 Å². The molecule has 2 aromatic carbocycles. The summed E-state index contributed by atoms with van der Waals surface area (Å²) in [6, 6.07) is 17.7. The molecule has 0 heterocycles. The summed E-state index contributed by atoms with van der Waals surface area (Å²) < 4.78 is 5.27. The number of hydrogen-bond donors (Lipinski definition) is 5. The van der Waals surface area contributed by atoms with Crippen LogP contribution in [-0.2, 0) is 17.6 Å². The van der Waals surface area contributed by atoms with E-state index < -0.39 is 47.6 Å². The molecule has 4 atom stereocenters. The average molecular weight is 544 g/mol. The third kappa shape index (κ3) is 11.2. The van der Waals surface area contributed by atoms with E-state index in [0.29, 0.717) is 12.8 Å². The quantitative estimate of drug-likeness (QED) is 0.275. The smallest absolute Gasteiger partial charge is 0.408 e. The number of nitrogens with zero attached hydrogens (tertiary/aromatic N) is 1. The van der Waals surface area contributed by atoms with Crippen molar-refractivity contribution in [3.63, 3.8) is 0 Å². The van der Waals surface area contributed by atoms with Crippen LogP contribution in [0, 0.1) is 0 Å². The number of ether oxygens (including phenoxy) is 1. The fraction of sp³-hybridized carbons (Fsp3) is 0.533. The molecule has 0 saturated carbocycles. The van der Waals surface area contributed by atoms with Gasteiger partial charge in [-0.1, -0.05) is 60.7 Å². The molecule has 0 fully saturated rings. The minimum absolute atomic E-state index is 0.0261. The Labute approximate surface area is 232 Å². The van der Waals surface area contributed by atoms with Gasteiger partial charge in [0, 0.05) is 24.7 Å². The summed E-state index contributed by atoms with van der Waals surface area (Å²) >= 11 is 0. The Kier molecular flexibility index (Phi) is 11.8. The highest BCUT2D eigenvalue weighted by Gasteiger charge is 2.37. The summed E-state index contributed by atoms with van der Waals surface area (Å²) in [6.45, 7) is 10.6. The fourth-order valence-electron chi connectivity index (χ4n) is 4.45. The first-order chi connectivity index (χ1) is 18.2. The number of carboxylic acid groups (broad SMARTS) is 1. The Morgan fingerprint density at radius 1 is 0.821 bits per heavy atom. The maximum absolute atomic E-state index is 12.3. The van der Waals surface area contributed by atoms with Gasteiger partial charge in [-0.25, -0.2) is 9.59 Å². The van der Waals surface area contributed by atoms with Gasteiger partial charge in [0.2, 0.25) is 0 Å². The number of aliphatic hydroxyl groups is 2. The minimum atomic E-state index is -1.12. The zero-order valence-electron chi connectivity index (χ0n) is 23.9. The molecule has 0 aliphatic heterocycles. The molecule has 0 aliphatic rings.